The van der Waals surface area contributed by atoms with E-state index in [1.54, 1.807) is 24.0 Å². The average Bonchev–Trinajstić information content (AvgIpc) is 3.26. The molecule has 0 bridgehead atoms. The van der Waals surface area contributed by atoms with Crippen LogP contribution in [0, 0.1) is 0 Å². The Morgan fingerprint density at radius 1 is 1.38 bits per heavy atom. The summed E-state index contributed by atoms with van der Waals surface area (Å²) in [7, 11) is 1.78. The Morgan fingerprint density at radius 2 is 2.19 bits per heavy atom. The van der Waals surface area contributed by atoms with Gasteiger partial charge in [-0.15, -0.1) is 0 Å². The van der Waals surface area contributed by atoms with Gasteiger partial charge >= 0.3 is 5.69 Å². The van der Waals surface area contributed by atoms with Gasteiger partial charge in [-0.25, -0.2) is 18.3 Å². The van der Waals surface area contributed by atoms with Crippen molar-refractivity contribution in [3.63, 3.8) is 0 Å². The summed E-state index contributed by atoms with van der Waals surface area (Å²) < 4.78 is 31.2. The Balaban J connectivity index is 1.62. The molecule has 8 nitrogen and oxygen atoms in total. The lowest BCUT2D eigenvalue weighted by Gasteiger charge is -2.27. The van der Waals surface area contributed by atoms with Crippen LogP contribution in [-0.2, 0) is 24.8 Å². The van der Waals surface area contributed by atoms with Crippen molar-refractivity contribution in [3.05, 3.63) is 34.3 Å². The van der Waals surface area contributed by atoms with Crippen LogP contribution in [0.5, 0.6) is 0 Å². The monoisotopic (exact) mass is 366 g/mol. The van der Waals surface area contributed by atoms with Crippen molar-refractivity contribution in [2.45, 2.75) is 44.2 Å². The minimum absolute atomic E-state index is 0.0223. The Kier molecular flexibility index (Phi) is 3.92. The lowest BCUT2D eigenvalue weighted by Crippen LogP contribution is -2.42. The summed E-state index contributed by atoms with van der Waals surface area (Å²) in [6, 6.07) is 1.04. The van der Waals surface area contributed by atoms with Crippen LogP contribution in [0.4, 0.5) is 8.78 Å². The second kappa shape index (κ2) is 6.03. The predicted molar refractivity (Wildman–Crippen MR) is 86.9 cm³/mol. The molecule has 26 heavy (non-hydrogen) atoms. The average molecular weight is 366 g/mol. The molecule has 140 valence electrons. The van der Waals surface area contributed by atoms with Gasteiger partial charge in [-0.1, -0.05) is 0 Å². The van der Waals surface area contributed by atoms with E-state index in [9.17, 15) is 18.4 Å². The number of carbonyl (C=O) groups is 1. The summed E-state index contributed by atoms with van der Waals surface area (Å²) in [5.74, 6) is -2.73. The molecule has 2 aliphatic rings. The quantitative estimate of drug-likeness (QED) is 0.796. The van der Waals surface area contributed by atoms with E-state index in [0.717, 1.165) is 0 Å². The molecule has 2 aromatic rings. The van der Waals surface area contributed by atoms with Crippen LogP contribution >= 0.6 is 0 Å². The molecule has 1 atom stereocenters. The van der Waals surface area contributed by atoms with Crippen molar-refractivity contribution in [1.29, 1.82) is 0 Å². The number of likely N-dealkylation sites (tertiary alicyclic amines) is 1. The Labute approximate surface area is 148 Å². The van der Waals surface area contributed by atoms with Crippen molar-refractivity contribution in [2.75, 3.05) is 13.1 Å². The third kappa shape index (κ3) is 2.93. The maximum atomic E-state index is 13.5. The molecular weight excluding hydrogens is 346 g/mol. The van der Waals surface area contributed by atoms with E-state index in [0.29, 0.717) is 30.8 Å². The Bertz CT molecular complexity index is 899. The second-order valence-electron chi connectivity index (χ2n) is 6.98. The maximum absolute atomic E-state index is 13.5. The van der Waals surface area contributed by atoms with Gasteiger partial charge in [0.05, 0.1) is 18.8 Å². The molecule has 2 aliphatic heterocycles. The van der Waals surface area contributed by atoms with Crippen LogP contribution < -0.4 is 5.69 Å². The molecule has 1 fully saturated rings. The first-order valence-electron chi connectivity index (χ1n) is 8.67. The lowest BCUT2D eigenvalue weighted by molar-refractivity contribution is -0.135. The van der Waals surface area contributed by atoms with Crippen LogP contribution in [0.3, 0.4) is 0 Å². The van der Waals surface area contributed by atoms with Gasteiger partial charge in [-0.2, -0.15) is 10.2 Å². The van der Waals surface area contributed by atoms with E-state index in [1.807, 2.05) is 0 Å². The number of fused-ring (bicyclic) bond motifs is 1. The number of rotatable bonds is 3. The summed E-state index contributed by atoms with van der Waals surface area (Å²) >= 11 is 0. The summed E-state index contributed by atoms with van der Waals surface area (Å²) in [6.45, 7) is -0.342. The van der Waals surface area contributed by atoms with Crippen LogP contribution in [-0.4, -0.2) is 53.9 Å². The normalized spacial score (nSPS) is 21.8. The minimum atomic E-state index is -2.85. The molecule has 0 saturated carbocycles. The zero-order valence-electron chi connectivity index (χ0n) is 14.4. The highest BCUT2D eigenvalue weighted by molar-refractivity contribution is 5.81. The van der Waals surface area contributed by atoms with E-state index < -0.39 is 30.1 Å². The molecule has 1 saturated heterocycles. The SMILES string of the molecule is Cn1ccc(Cn2nc3n(c2=O)[C@@H](C(=O)N2CCC(F)(F)C2)CCC3)n1. The third-order valence-electron chi connectivity index (χ3n) is 4.98. The topological polar surface area (TPSA) is 78.0 Å². The highest BCUT2D eigenvalue weighted by atomic mass is 19.3. The smallest absolute Gasteiger partial charge is 0.335 e. The minimum Gasteiger partial charge on any atom is -0.335 e. The second-order valence-corrected chi connectivity index (χ2v) is 6.98. The maximum Gasteiger partial charge on any atom is 0.347 e. The van der Waals surface area contributed by atoms with Crippen LogP contribution in [0.1, 0.15) is 36.8 Å². The number of alkyl halides is 2. The fourth-order valence-corrected chi connectivity index (χ4v) is 3.70. The largest absolute Gasteiger partial charge is 0.347 e. The van der Waals surface area contributed by atoms with Crippen molar-refractivity contribution >= 4 is 5.91 Å². The molecule has 0 aromatic carbocycles. The number of carbonyl (C=O) groups excluding carboxylic acids is 1. The van der Waals surface area contributed by atoms with Crippen molar-refractivity contribution in [1.82, 2.24) is 29.0 Å². The highest BCUT2D eigenvalue weighted by Crippen LogP contribution is 2.31. The van der Waals surface area contributed by atoms with Gasteiger partial charge in [-0.3, -0.25) is 14.0 Å². The van der Waals surface area contributed by atoms with E-state index in [-0.39, 0.29) is 19.5 Å². The number of hydrogen-bond donors (Lipinski definition) is 0. The fraction of sp³-hybridized carbons (Fsp3) is 0.625. The number of hydrogen-bond acceptors (Lipinski definition) is 4. The van der Waals surface area contributed by atoms with Gasteiger partial charge in [-0.05, 0) is 18.9 Å². The molecule has 4 heterocycles. The summed E-state index contributed by atoms with van der Waals surface area (Å²) in [6.07, 6.45) is 3.19. The Morgan fingerprint density at radius 3 is 2.85 bits per heavy atom. The predicted octanol–water partition coefficient (Wildman–Crippen LogP) is 0.572. The molecule has 1 amide bonds. The number of amides is 1. The van der Waals surface area contributed by atoms with E-state index >= 15 is 0 Å². The van der Waals surface area contributed by atoms with Gasteiger partial charge in [0.15, 0.2) is 0 Å². The van der Waals surface area contributed by atoms with Crippen LogP contribution in [0.25, 0.3) is 0 Å². The van der Waals surface area contributed by atoms with Gasteiger partial charge in [0.1, 0.15) is 11.9 Å². The summed E-state index contributed by atoms with van der Waals surface area (Å²) in [4.78, 5) is 26.7. The van der Waals surface area contributed by atoms with Crippen molar-refractivity contribution < 1.29 is 13.6 Å². The van der Waals surface area contributed by atoms with Crippen molar-refractivity contribution in [2.24, 2.45) is 7.05 Å². The van der Waals surface area contributed by atoms with Crippen molar-refractivity contribution in [3.8, 4) is 0 Å². The van der Waals surface area contributed by atoms with Crippen LogP contribution in [0.15, 0.2) is 17.1 Å². The lowest BCUT2D eigenvalue weighted by atomic mass is 10.0. The molecule has 0 aliphatic carbocycles. The summed E-state index contributed by atoms with van der Waals surface area (Å²) in [5, 5.41) is 8.58. The third-order valence-corrected chi connectivity index (χ3v) is 4.98. The first-order chi connectivity index (χ1) is 12.3. The van der Waals surface area contributed by atoms with Gasteiger partial charge in [0, 0.05) is 32.6 Å². The summed E-state index contributed by atoms with van der Waals surface area (Å²) in [5.41, 5.74) is 0.293. The van der Waals surface area contributed by atoms with E-state index in [1.165, 1.54) is 14.1 Å². The van der Waals surface area contributed by atoms with Crippen LogP contribution in [0.2, 0.25) is 0 Å². The molecule has 10 heteroatoms. The molecule has 4 rings (SSSR count). The first-order valence-corrected chi connectivity index (χ1v) is 8.67. The van der Waals surface area contributed by atoms with Gasteiger partial charge < -0.3 is 4.90 Å². The number of aromatic nitrogens is 5. The van der Waals surface area contributed by atoms with E-state index in [2.05, 4.69) is 10.2 Å². The first kappa shape index (κ1) is 16.9. The molecule has 0 spiro atoms. The number of aryl methyl sites for hydroxylation is 2. The standard InChI is InChI=1S/C16H20F2N6O2/c1-21-7-5-11(19-21)9-23-15(26)24-12(3-2-4-13(24)20-23)14(25)22-8-6-16(17,18)10-22/h5,7,12H,2-4,6,8-10H2,1H3/t12-/m1/s1. The zero-order chi connectivity index (χ0) is 18.5. The fourth-order valence-electron chi connectivity index (χ4n) is 3.70. The molecular formula is C16H20F2N6O2. The zero-order valence-corrected chi connectivity index (χ0v) is 14.4. The molecule has 0 N–H and O–H groups in total. The Hall–Kier alpha value is -2.52. The molecule has 0 unspecified atom stereocenters. The molecule has 2 aromatic heterocycles. The molecule has 0 radical (unpaired) electrons. The number of nitrogens with zero attached hydrogens (tertiary/aromatic N) is 6. The highest BCUT2D eigenvalue weighted by Gasteiger charge is 2.43. The number of halogens is 2. The van der Waals surface area contributed by atoms with Gasteiger partial charge in [0.2, 0.25) is 5.91 Å². The van der Waals surface area contributed by atoms with E-state index in [4.69, 9.17) is 0 Å². The van der Waals surface area contributed by atoms with Gasteiger partial charge in [0.25, 0.3) is 5.92 Å².